The molecule has 5 nitrogen and oxygen atoms in total. The molecule has 0 spiro atoms. The highest BCUT2D eigenvalue weighted by molar-refractivity contribution is 7.17. The normalized spacial score (nSPS) is 10.6. The number of aryl methyl sites for hydroxylation is 2. The maximum atomic E-state index is 10.9. The maximum Gasteiger partial charge on any atom is 0.347 e. The lowest BCUT2D eigenvalue weighted by Crippen LogP contribution is -2.04. The molecule has 0 aromatic carbocycles. The summed E-state index contributed by atoms with van der Waals surface area (Å²) in [6, 6.07) is 0. The van der Waals surface area contributed by atoms with E-state index in [4.69, 9.17) is 5.11 Å². The van der Waals surface area contributed by atoms with Crippen molar-refractivity contribution in [3.63, 3.8) is 0 Å². The van der Waals surface area contributed by atoms with Crippen LogP contribution in [0.15, 0.2) is 5.38 Å². The van der Waals surface area contributed by atoms with Gasteiger partial charge in [0.05, 0.1) is 10.7 Å². The van der Waals surface area contributed by atoms with Crippen LogP contribution < -0.4 is 5.32 Å². The summed E-state index contributed by atoms with van der Waals surface area (Å²) in [5, 5.41) is 15.8. The fourth-order valence-electron chi connectivity index (χ4n) is 1.46. The average molecular weight is 283 g/mol. The third-order valence-corrected chi connectivity index (χ3v) is 4.40. The van der Waals surface area contributed by atoms with Gasteiger partial charge in [0.25, 0.3) is 0 Å². The van der Waals surface area contributed by atoms with E-state index in [2.05, 4.69) is 15.3 Å². The molecule has 7 heteroatoms. The Labute approximate surface area is 113 Å². The van der Waals surface area contributed by atoms with E-state index in [1.807, 2.05) is 12.3 Å². The van der Waals surface area contributed by atoms with Crippen molar-refractivity contribution < 1.29 is 9.90 Å². The molecule has 0 fully saturated rings. The molecular weight excluding hydrogens is 270 g/mol. The van der Waals surface area contributed by atoms with Crippen LogP contribution in [0.3, 0.4) is 0 Å². The van der Waals surface area contributed by atoms with Crippen molar-refractivity contribution >= 4 is 33.8 Å². The van der Waals surface area contributed by atoms with Gasteiger partial charge in [0.1, 0.15) is 4.88 Å². The summed E-state index contributed by atoms with van der Waals surface area (Å²) in [5.74, 6) is -0.923. The third kappa shape index (κ3) is 3.05. The lowest BCUT2D eigenvalue weighted by atomic mass is 10.4. The smallest absolute Gasteiger partial charge is 0.347 e. The molecule has 0 aliphatic heterocycles. The average Bonchev–Trinajstić information content (AvgIpc) is 2.85. The second-order valence-electron chi connectivity index (χ2n) is 3.80. The van der Waals surface area contributed by atoms with Gasteiger partial charge in [-0.2, -0.15) is 0 Å². The number of carbonyl (C=O) groups is 1. The number of aromatic nitrogens is 2. The maximum absolute atomic E-state index is 10.9. The molecule has 0 unspecified atom stereocenters. The van der Waals surface area contributed by atoms with E-state index in [-0.39, 0.29) is 0 Å². The minimum atomic E-state index is -0.923. The summed E-state index contributed by atoms with van der Waals surface area (Å²) in [7, 11) is 0. The minimum Gasteiger partial charge on any atom is -0.477 e. The Hall–Kier alpha value is -1.47. The van der Waals surface area contributed by atoms with E-state index in [0.29, 0.717) is 22.2 Å². The molecular formula is C11H13N3O2S2. The fourth-order valence-corrected chi connectivity index (χ4v) is 3.07. The molecule has 0 atom stereocenters. The molecule has 2 aromatic heterocycles. The molecule has 2 rings (SSSR count). The zero-order valence-corrected chi connectivity index (χ0v) is 11.7. The van der Waals surface area contributed by atoms with E-state index < -0.39 is 5.97 Å². The molecule has 0 bridgehead atoms. The van der Waals surface area contributed by atoms with Gasteiger partial charge in [-0.1, -0.05) is 11.3 Å². The van der Waals surface area contributed by atoms with Crippen LogP contribution in [0.25, 0.3) is 0 Å². The van der Waals surface area contributed by atoms with Crippen molar-refractivity contribution in [3.8, 4) is 0 Å². The largest absolute Gasteiger partial charge is 0.477 e. The van der Waals surface area contributed by atoms with E-state index >= 15 is 0 Å². The summed E-state index contributed by atoms with van der Waals surface area (Å²) in [4.78, 5) is 19.7. The predicted octanol–water partition coefficient (Wildman–Crippen LogP) is 2.57. The Bertz CT molecular complexity index is 562. The lowest BCUT2D eigenvalue weighted by molar-refractivity contribution is 0.0701. The first-order chi connectivity index (χ1) is 8.56. The second-order valence-corrected chi connectivity index (χ2v) is 5.74. The van der Waals surface area contributed by atoms with Gasteiger partial charge in [-0.05, 0) is 13.8 Å². The lowest BCUT2D eigenvalue weighted by Gasteiger charge is -1.99. The van der Waals surface area contributed by atoms with Crippen molar-refractivity contribution in [2.45, 2.75) is 20.3 Å². The van der Waals surface area contributed by atoms with Crippen LogP contribution in [0.2, 0.25) is 0 Å². The van der Waals surface area contributed by atoms with Crippen LogP contribution in [0.4, 0.5) is 5.13 Å². The molecule has 18 heavy (non-hydrogen) atoms. The van der Waals surface area contributed by atoms with Gasteiger partial charge in [-0.25, -0.2) is 14.8 Å². The monoisotopic (exact) mass is 283 g/mol. The first-order valence-electron chi connectivity index (χ1n) is 5.42. The van der Waals surface area contributed by atoms with E-state index in [1.165, 1.54) is 11.3 Å². The van der Waals surface area contributed by atoms with Gasteiger partial charge in [0.2, 0.25) is 0 Å². The first-order valence-corrected chi connectivity index (χ1v) is 7.11. The number of anilines is 1. The topological polar surface area (TPSA) is 75.1 Å². The van der Waals surface area contributed by atoms with Crippen LogP contribution in [-0.2, 0) is 6.42 Å². The molecule has 0 saturated carbocycles. The van der Waals surface area contributed by atoms with Gasteiger partial charge >= 0.3 is 5.97 Å². The SMILES string of the molecule is Cc1csc(CCNc2nc(C)c(C(=O)O)s2)n1. The van der Waals surface area contributed by atoms with E-state index in [0.717, 1.165) is 17.1 Å². The highest BCUT2D eigenvalue weighted by Gasteiger charge is 2.13. The third-order valence-electron chi connectivity index (χ3n) is 2.27. The number of hydrogen-bond donors (Lipinski definition) is 2. The van der Waals surface area contributed by atoms with Crippen molar-refractivity contribution in [1.29, 1.82) is 0 Å². The fraction of sp³-hybridized carbons (Fsp3) is 0.364. The molecule has 0 aliphatic rings. The molecule has 96 valence electrons. The number of carboxylic acids is 1. The number of carboxylic acid groups (broad SMARTS) is 1. The molecule has 2 heterocycles. The second kappa shape index (κ2) is 5.45. The van der Waals surface area contributed by atoms with Gasteiger partial charge in [-0.15, -0.1) is 11.3 Å². The summed E-state index contributed by atoms with van der Waals surface area (Å²) in [6.45, 7) is 4.38. The Kier molecular flexibility index (Phi) is 3.93. The van der Waals surface area contributed by atoms with Crippen molar-refractivity contribution in [1.82, 2.24) is 9.97 Å². The number of nitrogens with zero attached hydrogens (tertiary/aromatic N) is 2. The number of thiazole rings is 2. The zero-order valence-electron chi connectivity index (χ0n) is 10.1. The molecule has 2 N–H and O–H groups in total. The van der Waals surface area contributed by atoms with E-state index in [1.54, 1.807) is 18.3 Å². The Morgan fingerprint density at radius 3 is 2.78 bits per heavy atom. The first kappa shape index (κ1) is 13.0. The summed E-state index contributed by atoms with van der Waals surface area (Å²) in [5.41, 5.74) is 1.59. The molecule has 2 aromatic rings. The number of hydrogen-bond acceptors (Lipinski definition) is 6. The van der Waals surface area contributed by atoms with E-state index in [9.17, 15) is 4.79 Å². The highest BCUT2D eigenvalue weighted by atomic mass is 32.1. The molecule has 0 amide bonds. The van der Waals surface area contributed by atoms with Crippen molar-refractivity contribution in [3.05, 3.63) is 26.7 Å². The standard InChI is InChI=1S/C11H13N3O2S2/c1-6-5-17-8(13-6)3-4-12-11-14-7(2)9(18-11)10(15)16/h5H,3-4H2,1-2H3,(H,12,14)(H,15,16). The summed E-state index contributed by atoms with van der Waals surface area (Å²) in [6.07, 6.45) is 0.819. The number of rotatable bonds is 5. The minimum absolute atomic E-state index is 0.294. The van der Waals surface area contributed by atoms with Gasteiger partial charge in [-0.3, -0.25) is 0 Å². The van der Waals surface area contributed by atoms with Crippen molar-refractivity contribution in [2.75, 3.05) is 11.9 Å². The van der Waals surface area contributed by atoms with Crippen LogP contribution in [0.5, 0.6) is 0 Å². The molecule has 0 radical (unpaired) electrons. The quantitative estimate of drug-likeness (QED) is 0.882. The zero-order chi connectivity index (χ0) is 13.1. The molecule has 0 saturated heterocycles. The van der Waals surface area contributed by atoms with Crippen LogP contribution in [0.1, 0.15) is 26.1 Å². The summed E-state index contributed by atoms with van der Waals surface area (Å²) >= 11 is 2.80. The summed E-state index contributed by atoms with van der Waals surface area (Å²) < 4.78 is 0. The van der Waals surface area contributed by atoms with Crippen molar-refractivity contribution in [2.24, 2.45) is 0 Å². The van der Waals surface area contributed by atoms with Gasteiger partial charge in [0.15, 0.2) is 5.13 Å². The Balaban J connectivity index is 1.90. The van der Waals surface area contributed by atoms with Gasteiger partial charge in [0, 0.05) is 24.0 Å². The Morgan fingerprint density at radius 2 is 2.22 bits per heavy atom. The Morgan fingerprint density at radius 1 is 1.44 bits per heavy atom. The van der Waals surface area contributed by atoms with Crippen LogP contribution in [0, 0.1) is 13.8 Å². The highest BCUT2D eigenvalue weighted by Crippen LogP contribution is 2.22. The molecule has 0 aliphatic carbocycles. The number of aromatic carboxylic acids is 1. The predicted molar refractivity (Wildman–Crippen MR) is 72.9 cm³/mol. The number of nitrogens with one attached hydrogen (secondary N) is 1. The van der Waals surface area contributed by atoms with Gasteiger partial charge < -0.3 is 10.4 Å². The van der Waals surface area contributed by atoms with Crippen LogP contribution >= 0.6 is 22.7 Å². The van der Waals surface area contributed by atoms with Crippen LogP contribution in [-0.4, -0.2) is 27.6 Å².